The van der Waals surface area contributed by atoms with Gasteiger partial charge < -0.3 is 4.74 Å². The maximum atomic E-state index is 11.7. The van der Waals surface area contributed by atoms with E-state index < -0.39 is 0 Å². The van der Waals surface area contributed by atoms with Gasteiger partial charge in [-0.2, -0.15) is 0 Å². The molecule has 1 saturated carbocycles. The van der Waals surface area contributed by atoms with Crippen molar-refractivity contribution in [3.63, 3.8) is 0 Å². The molecule has 2 rings (SSSR count). The highest BCUT2D eigenvalue weighted by Crippen LogP contribution is 2.57. The first-order valence-corrected chi connectivity index (χ1v) is 10.5. The van der Waals surface area contributed by atoms with Gasteiger partial charge in [0.1, 0.15) is 0 Å². The smallest absolute Gasteiger partial charge is 0.306 e. The third kappa shape index (κ3) is 5.39. The highest BCUT2D eigenvalue weighted by Gasteiger charge is 2.44. The van der Waals surface area contributed by atoms with Crippen LogP contribution in [0.2, 0.25) is 0 Å². The molecule has 1 spiro atoms. The zero-order valence-electron chi connectivity index (χ0n) is 12.8. The molecule has 120 valence electrons. The van der Waals surface area contributed by atoms with Gasteiger partial charge in [0.05, 0.1) is 10.7 Å². The Hall–Kier alpha value is 0.190. The number of carbonyl (C=O) groups is 2. The fourth-order valence-corrected chi connectivity index (χ4v) is 8.06. The first kappa shape index (κ1) is 17.5. The molecule has 3 nitrogen and oxygen atoms in total. The van der Waals surface area contributed by atoms with E-state index in [2.05, 4.69) is 23.5 Å². The molecular formula is C15H24O3S3. The van der Waals surface area contributed by atoms with E-state index in [1.165, 1.54) is 24.6 Å². The van der Waals surface area contributed by atoms with Gasteiger partial charge >= 0.3 is 5.97 Å². The summed E-state index contributed by atoms with van der Waals surface area (Å²) in [5, 5.41) is 0.788. The van der Waals surface area contributed by atoms with Crippen LogP contribution in [0.25, 0.3) is 0 Å². The molecule has 0 N–H and O–H groups in total. The van der Waals surface area contributed by atoms with E-state index in [-0.39, 0.29) is 15.2 Å². The summed E-state index contributed by atoms with van der Waals surface area (Å²) in [5.41, 5.74) is 0. The third-order valence-corrected chi connectivity index (χ3v) is 8.89. The van der Waals surface area contributed by atoms with Gasteiger partial charge in [0, 0.05) is 30.1 Å². The zero-order valence-corrected chi connectivity index (χ0v) is 15.2. The van der Waals surface area contributed by atoms with Crippen LogP contribution in [0.5, 0.6) is 0 Å². The molecule has 2 aliphatic rings. The van der Waals surface area contributed by atoms with E-state index in [0.717, 1.165) is 24.3 Å². The topological polar surface area (TPSA) is 43.4 Å². The van der Waals surface area contributed by atoms with Gasteiger partial charge in [-0.15, -0.1) is 23.5 Å². The van der Waals surface area contributed by atoms with Crippen molar-refractivity contribution < 1.29 is 14.3 Å². The molecule has 6 heteroatoms. The first-order valence-electron chi connectivity index (χ1n) is 7.64. The second-order valence-corrected chi connectivity index (χ2v) is 10.3. The molecule has 0 aromatic heterocycles. The van der Waals surface area contributed by atoms with E-state index >= 15 is 0 Å². The van der Waals surface area contributed by atoms with Gasteiger partial charge in [0.2, 0.25) is 0 Å². The molecule has 0 radical (unpaired) electrons. The Bertz CT molecular complexity index is 388. The molecule has 21 heavy (non-hydrogen) atoms. The third-order valence-electron chi connectivity index (χ3n) is 3.92. The Morgan fingerprint density at radius 1 is 1.43 bits per heavy atom. The van der Waals surface area contributed by atoms with Crippen LogP contribution in [-0.4, -0.2) is 38.5 Å². The summed E-state index contributed by atoms with van der Waals surface area (Å²) in [6.45, 7) is 3.98. The van der Waals surface area contributed by atoms with Crippen LogP contribution in [0.15, 0.2) is 0 Å². The molecule has 0 amide bonds. The summed E-state index contributed by atoms with van der Waals surface area (Å²) in [7, 11) is 0. The van der Waals surface area contributed by atoms with Crippen molar-refractivity contribution >= 4 is 46.4 Å². The van der Waals surface area contributed by atoms with Crippen LogP contribution in [0.3, 0.4) is 0 Å². The van der Waals surface area contributed by atoms with E-state index in [1.54, 1.807) is 6.92 Å². The molecule has 0 aromatic rings. The number of hydrogen-bond donors (Lipinski definition) is 0. The summed E-state index contributed by atoms with van der Waals surface area (Å²) in [4.78, 5) is 22.8. The highest BCUT2D eigenvalue weighted by atomic mass is 32.2. The average Bonchev–Trinajstić information content (AvgIpc) is 2.79. The molecule has 3 atom stereocenters. The second-order valence-electron chi connectivity index (χ2n) is 5.74. The van der Waals surface area contributed by atoms with Crippen molar-refractivity contribution in [1.29, 1.82) is 0 Å². The number of esters is 1. The Labute approximate surface area is 140 Å². The van der Waals surface area contributed by atoms with E-state index in [4.69, 9.17) is 4.74 Å². The van der Waals surface area contributed by atoms with Crippen LogP contribution >= 0.6 is 35.3 Å². The average molecular weight is 349 g/mol. The van der Waals surface area contributed by atoms with Gasteiger partial charge in [0.15, 0.2) is 5.12 Å². The van der Waals surface area contributed by atoms with Crippen LogP contribution in [0.4, 0.5) is 0 Å². The van der Waals surface area contributed by atoms with Crippen LogP contribution in [0, 0.1) is 5.92 Å². The van der Waals surface area contributed by atoms with Crippen molar-refractivity contribution in [3.05, 3.63) is 0 Å². The van der Waals surface area contributed by atoms with Gasteiger partial charge in [-0.3, -0.25) is 9.59 Å². The minimum atomic E-state index is -0.0452. The number of thioether (sulfide) groups is 3. The van der Waals surface area contributed by atoms with E-state index in [0.29, 0.717) is 24.2 Å². The van der Waals surface area contributed by atoms with Crippen LogP contribution in [0.1, 0.15) is 46.0 Å². The van der Waals surface area contributed by atoms with Crippen LogP contribution < -0.4 is 0 Å². The zero-order chi connectivity index (χ0) is 15.3. The monoisotopic (exact) mass is 348 g/mol. The van der Waals surface area contributed by atoms with E-state index in [9.17, 15) is 9.59 Å². The van der Waals surface area contributed by atoms with Crippen molar-refractivity contribution in [3.8, 4) is 0 Å². The lowest BCUT2D eigenvalue weighted by Gasteiger charge is -2.36. The number of ether oxygens (including phenoxy) is 1. The molecule has 0 bridgehead atoms. The fraction of sp³-hybridized carbons (Fsp3) is 0.867. The van der Waals surface area contributed by atoms with Gasteiger partial charge in [-0.1, -0.05) is 18.2 Å². The quantitative estimate of drug-likeness (QED) is 0.701. The largest absolute Gasteiger partial charge is 0.466 e. The molecule has 1 aliphatic heterocycles. The summed E-state index contributed by atoms with van der Waals surface area (Å²) < 4.78 is 5.38. The van der Waals surface area contributed by atoms with Crippen molar-refractivity contribution in [2.45, 2.75) is 55.3 Å². The Morgan fingerprint density at radius 3 is 2.95 bits per heavy atom. The van der Waals surface area contributed by atoms with Crippen molar-refractivity contribution in [2.24, 2.45) is 5.92 Å². The maximum Gasteiger partial charge on any atom is 0.306 e. The van der Waals surface area contributed by atoms with Gasteiger partial charge in [0.25, 0.3) is 0 Å². The SMILES string of the molecule is CCOC(=O)CC1CCCC2(C1)SCC(CSC(C)=O)S2. The first-order chi connectivity index (χ1) is 10.0. The maximum absolute atomic E-state index is 11.7. The van der Waals surface area contributed by atoms with Crippen molar-refractivity contribution in [1.82, 2.24) is 0 Å². The summed E-state index contributed by atoms with van der Waals surface area (Å²) in [6.07, 6.45) is 5.28. The molecule has 3 unspecified atom stereocenters. The Morgan fingerprint density at radius 2 is 2.24 bits per heavy atom. The lowest BCUT2D eigenvalue weighted by atomic mass is 9.86. The number of carbonyl (C=O) groups excluding carboxylic acids is 2. The molecule has 0 aromatic carbocycles. The standard InChI is InChI=1S/C15H24O3S3/c1-3-18-14(17)7-12-5-4-6-15(8-12)20-10-13(21-15)9-19-11(2)16/h12-13H,3-10H2,1-2H3. The number of rotatable bonds is 5. The normalized spacial score (nSPS) is 32.3. The lowest BCUT2D eigenvalue weighted by molar-refractivity contribution is -0.144. The molecule has 1 aliphatic carbocycles. The van der Waals surface area contributed by atoms with E-state index in [1.807, 2.05) is 6.92 Å². The summed E-state index contributed by atoms with van der Waals surface area (Å²) in [5.74, 6) is 2.49. The predicted molar refractivity (Wildman–Crippen MR) is 92.9 cm³/mol. The molecule has 1 saturated heterocycles. The fourth-order valence-electron chi connectivity index (χ4n) is 3.08. The Kier molecular flexibility index (Phi) is 6.81. The minimum Gasteiger partial charge on any atom is -0.466 e. The van der Waals surface area contributed by atoms with Crippen LogP contribution in [-0.2, 0) is 14.3 Å². The highest BCUT2D eigenvalue weighted by molar-refractivity contribution is 8.22. The molecule has 2 fully saturated rings. The van der Waals surface area contributed by atoms with Crippen molar-refractivity contribution in [2.75, 3.05) is 18.1 Å². The summed E-state index contributed by atoms with van der Waals surface area (Å²) in [6, 6.07) is 0. The van der Waals surface area contributed by atoms with Gasteiger partial charge in [-0.05, 0) is 32.1 Å². The minimum absolute atomic E-state index is 0.0452. The molecule has 1 heterocycles. The Balaban J connectivity index is 1.83. The number of hydrogen-bond acceptors (Lipinski definition) is 6. The van der Waals surface area contributed by atoms with Gasteiger partial charge in [-0.25, -0.2) is 0 Å². The summed E-state index contributed by atoms with van der Waals surface area (Å²) >= 11 is 5.56. The second kappa shape index (κ2) is 8.16. The molecular weight excluding hydrogens is 324 g/mol. The lowest BCUT2D eigenvalue weighted by Crippen LogP contribution is -2.29. The predicted octanol–water partition coefficient (Wildman–Crippen LogP) is 3.95.